The molecule has 1 heterocycles. The number of hydrogen-bond acceptors (Lipinski definition) is 4. The van der Waals surface area contributed by atoms with Crippen LogP contribution in [0, 0.1) is 0 Å². The topological polar surface area (TPSA) is 39.7 Å². The Morgan fingerprint density at radius 2 is 1.95 bits per heavy atom. The summed E-state index contributed by atoms with van der Waals surface area (Å²) in [4.78, 5) is 0. The van der Waals surface area contributed by atoms with Gasteiger partial charge < -0.3 is 19.5 Å². The molecular weight excluding hydrogens is 242 g/mol. The average molecular weight is 263 g/mol. The molecule has 0 unspecified atom stereocenters. The molecule has 1 aromatic carbocycles. The van der Waals surface area contributed by atoms with Gasteiger partial charge in [0.05, 0.1) is 6.10 Å². The van der Waals surface area contributed by atoms with Crippen molar-refractivity contribution in [3.63, 3.8) is 0 Å². The fraction of sp³-hybridized carbons (Fsp3) is 0.600. The normalized spacial score (nSPS) is 25.5. The van der Waals surface area contributed by atoms with Gasteiger partial charge in [-0.3, -0.25) is 0 Å². The number of hydrogen-bond donors (Lipinski definition) is 1. The van der Waals surface area contributed by atoms with Crippen molar-refractivity contribution >= 4 is 0 Å². The maximum atomic E-state index is 5.39. The lowest BCUT2D eigenvalue weighted by atomic mass is 9.93. The second-order valence-electron chi connectivity index (χ2n) is 5.28. The van der Waals surface area contributed by atoms with Gasteiger partial charge in [-0.2, -0.15) is 0 Å². The number of ether oxygens (including phenoxy) is 3. The molecule has 1 N–H and O–H groups in total. The van der Waals surface area contributed by atoms with E-state index in [0.29, 0.717) is 18.9 Å². The number of methoxy groups -OCH3 is 1. The van der Waals surface area contributed by atoms with Gasteiger partial charge in [-0.05, 0) is 43.4 Å². The summed E-state index contributed by atoms with van der Waals surface area (Å²) in [6.07, 6.45) is 5.18. The first-order chi connectivity index (χ1) is 9.35. The molecule has 1 saturated carbocycles. The Balaban J connectivity index is 1.50. The van der Waals surface area contributed by atoms with Crippen LogP contribution >= 0.6 is 0 Å². The van der Waals surface area contributed by atoms with Crippen molar-refractivity contribution in [1.29, 1.82) is 0 Å². The lowest BCUT2D eigenvalue weighted by Crippen LogP contribution is -2.34. The number of fused-ring (bicyclic) bond motifs is 1. The van der Waals surface area contributed by atoms with Crippen LogP contribution in [0.4, 0.5) is 0 Å². The van der Waals surface area contributed by atoms with Crippen molar-refractivity contribution in [1.82, 2.24) is 5.32 Å². The maximum Gasteiger partial charge on any atom is 0.231 e. The fourth-order valence-electron chi connectivity index (χ4n) is 2.82. The van der Waals surface area contributed by atoms with Crippen LogP contribution in [0.1, 0.15) is 31.2 Å². The molecule has 1 aliphatic heterocycles. The third kappa shape index (κ3) is 3.01. The van der Waals surface area contributed by atoms with Crippen LogP contribution in [0.5, 0.6) is 11.5 Å². The lowest BCUT2D eigenvalue weighted by molar-refractivity contribution is 0.0624. The molecule has 1 aromatic rings. The number of nitrogens with one attached hydrogen (secondary N) is 1. The van der Waals surface area contributed by atoms with E-state index in [2.05, 4.69) is 17.4 Å². The van der Waals surface area contributed by atoms with E-state index in [0.717, 1.165) is 30.9 Å². The molecule has 2 aliphatic rings. The Hall–Kier alpha value is -1.26. The summed E-state index contributed by atoms with van der Waals surface area (Å²) in [5.74, 6) is 1.71. The standard InChI is InChI=1S/C15H21NO3/c1-17-13-5-3-12(4-6-13)16-9-11-2-7-14-15(8-11)19-10-18-14/h2,7-8,12-13,16H,3-6,9-10H2,1H3. The van der Waals surface area contributed by atoms with Crippen LogP contribution < -0.4 is 14.8 Å². The molecule has 0 bridgehead atoms. The van der Waals surface area contributed by atoms with E-state index in [4.69, 9.17) is 14.2 Å². The van der Waals surface area contributed by atoms with Crippen molar-refractivity contribution < 1.29 is 14.2 Å². The van der Waals surface area contributed by atoms with Gasteiger partial charge in [-0.25, -0.2) is 0 Å². The molecule has 4 heteroatoms. The zero-order valence-corrected chi connectivity index (χ0v) is 11.4. The van der Waals surface area contributed by atoms with Crippen molar-refractivity contribution in [3.05, 3.63) is 23.8 Å². The zero-order chi connectivity index (χ0) is 13.1. The minimum atomic E-state index is 0.341. The van der Waals surface area contributed by atoms with E-state index in [1.165, 1.54) is 18.4 Å². The number of benzene rings is 1. The molecule has 1 aliphatic carbocycles. The minimum Gasteiger partial charge on any atom is -0.454 e. The molecule has 0 amide bonds. The summed E-state index contributed by atoms with van der Waals surface area (Å²) in [5, 5.41) is 3.62. The summed E-state index contributed by atoms with van der Waals surface area (Å²) in [5.41, 5.74) is 1.25. The molecule has 104 valence electrons. The molecule has 3 rings (SSSR count). The number of rotatable bonds is 4. The summed E-state index contributed by atoms with van der Waals surface area (Å²) in [7, 11) is 1.81. The van der Waals surface area contributed by atoms with Crippen LogP contribution in [-0.4, -0.2) is 26.0 Å². The van der Waals surface area contributed by atoms with E-state index >= 15 is 0 Å². The van der Waals surface area contributed by atoms with E-state index in [-0.39, 0.29) is 0 Å². The van der Waals surface area contributed by atoms with E-state index in [9.17, 15) is 0 Å². The van der Waals surface area contributed by atoms with E-state index in [1.807, 2.05) is 13.2 Å². The SMILES string of the molecule is COC1CCC(NCc2ccc3c(c2)OCO3)CC1. The molecule has 0 aromatic heterocycles. The fourth-order valence-corrected chi connectivity index (χ4v) is 2.82. The second kappa shape index (κ2) is 5.80. The lowest BCUT2D eigenvalue weighted by Gasteiger charge is -2.28. The van der Waals surface area contributed by atoms with Gasteiger partial charge in [0.15, 0.2) is 11.5 Å². The first-order valence-corrected chi connectivity index (χ1v) is 7.00. The smallest absolute Gasteiger partial charge is 0.231 e. The Kier molecular flexibility index (Phi) is 3.89. The van der Waals surface area contributed by atoms with Crippen LogP contribution in [0.25, 0.3) is 0 Å². The Morgan fingerprint density at radius 1 is 1.16 bits per heavy atom. The van der Waals surface area contributed by atoms with Gasteiger partial charge >= 0.3 is 0 Å². The third-order valence-electron chi connectivity index (χ3n) is 4.04. The summed E-state index contributed by atoms with van der Waals surface area (Å²) < 4.78 is 16.1. The highest BCUT2D eigenvalue weighted by Crippen LogP contribution is 2.32. The minimum absolute atomic E-state index is 0.341. The highest BCUT2D eigenvalue weighted by Gasteiger charge is 2.20. The van der Waals surface area contributed by atoms with Gasteiger partial charge in [-0.15, -0.1) is 0 Å². The molecule has 0 spiro atoms. The van der Waals surface area contributed by atoms with Gasteiger partial charge in [0.1, 0.15) is 0 Å². The molecule has 0 radical (unpaired) electrons. The Bertz CT molecular complexity index is 427. The van der Waals surface area contributed by atoms with Crippen LogP contribution in [-0.2, 0) is 11.3 Å². The first-order valence-electron chi connectivity index (χ1n) is 7.00. The summed E-state index contributed by atoms with van der Waals surface area (Å²) in [6.45, 7) is 1.23. The van der Waals surface area contributed by atoms with Crippen molar-refractivity contribution in [2.75, 3.05) is 13.9 Å². The Labute approximate surface area is 114 Å². The predicted molar refractivity (Wildman–Crippen MR) is 72.5 cm³/mol. The second-order valence-corrected chi connectivity index (χ2v) is 5.28. The van der Waals surface area contributed by atoms with Gasteiger partial charge in [-0.1, -0.05) is 6.07 Å². The molecule has 0 saturated heterocycles. The van der Waals surface area contributed by atoms with E-state index < -0.39 is 0 Å². The largest absolute Gasteiger partial charge is 0.454 e. The molecule has 19 heavy (non-hydrogen) atoms. The quantitative estimate of drug-likeness (QED) is 0.906. The van der Waals surface area contributed by atoms with Crippen LogP contribution in [0.3, 0.4) is 0 Å². The molecule has 4 nitrogen and oxygen atoms in total. The molecular formula is C15H21NO3. The zero-order valence-electron chi connectivity index (χ0n) is 11.4. The van der Waals surface area contributed by atoms with Gasteiger partial charge in [0.25, 0.3) is 0 Å². The Morgan fingerprint density at radius 3 is 2.74 bits per heavy atom. The van der Waals surface area contributed by atoms with Gasteiger partial charge in [0.2, 0.25) is 6.79 Å². The van der Waals surface area contributed by atoms with Crippen molar-refractivity contribution in [2.24, 2.45) is 0 Å². The summed E-state index contributed by atoms with van der Waals surface area (Å²) >= 11 is 0. The van der Waals surface area contributed by atoms with Crippen LogP contribution in [0.15, 0.2) is 18.2 Å². The highest BCUT2D eigenvalue weighted by atomic mass is 16.7. The highest BCUT2D eigenvalue weighted by molar-refractivity contribution is 5.44. The van der Waals surface area contributed by atoms with Crippen molar-refractivity contribution in [3.8, 4) is 11.5 Å². The molecule has 0 atom stereocenters. The van der Waals surface area contributed by atoms with Gasteiger partial charge in [0, 0.05) is 19.7 Å². The predicted octanol–water partition coefficient (Wildman–Crippen LogP) is 2.46. The van der Waals surface area contributed by atoms with E-state index in [1.54, 1.807) is 0 Å². The third-order valence-corrected chi connectivity index (χ3v) is 4.04. The van der Waals surface area contributed by atoms with Crippen LogP contribution in [0.2, 0.25) is 0 Å². The van der Waals surface area contributed by atoms with Crippen molar-refractivity contribution in [2.45, 2.75) is 44.4 Å². The maximum absolute atomic E-state index is 5.39. The first kappa shape index (κ1) is 12.8. The monoisotopic (exact) mass is 263 g/mol. The summed E-state index contributed by atoms with van der Waals surface area (Å²) in [6, 6.07) is 6.76. The molecule has 1 fully saturated rings. The average Bonchev–Trinajstić information content (AvgIpc) is 2.93.